The van der Waals surface area contributed by atoms with E-state index in [4.69, 9.17) is 16.3 Å². The van der Waals surface area contributed by atoms with Gasteiger partial charge in [0, 0.05) is 21.2 Å². The van der Waals surface area contributed by atoms with Gasteiger partial charge in [-0.3, -0.25) is 14.7 Å². The number of nitro groups is 1. The lowest BCUT2D eigenvalue weighted by atomic mass is 10.1. The molecule has 34 heavy (non-hydrogen) atoms. The van der Waals surface area contributed by atoms with Crippen LogP contribution in [0.3, 0.4) is 0 Å². The first-order valence-electron chi connectivity index (χ1n) is 10.6. The minimum Gasteiger partial charge on any atom is -0.489 e. The number of hydrogen-bond acceptors (Lipinski definition) is 6. The van der Waals surface area contributed by atoms with Gasteiger partial charge >= 0.3 is 0 Å². The Kier molecular flexibility index (Phi) is 7.49. The highest BCUT2D eigenvalue weighted by molar-refractivity contribution is 7.99. The van der Waals surface area contributed by atoms with Crippen LogP contribution in [0.5, 0.6) is 5.75 Å². The molecule has 1 aromatic heterocycles. The van der Waals surface area contributed by atoms with E-state index in [0.29, 0.717) is 22.5 Å². The minimum atomic E-state index is -0.444. The molecule has 0 aliphatic carbocycles. The number of aromatic nitrogens is 3. The smallest absolute Gasteiger partial charge is 0.220 e. The molecule has 7 nitrogen and oxygen atoms in total. The van der Waals surface area contributed by atoms with Crippen molar-refractivity contribution in [2.45, 2.75) is 30.9 Å². The number of ether oxygens (including phenoxy) is 1. The van der Waals surface area contributed by atoms with E-state index in [1.165, 1.54) is 11.8 Å². The van der Waals surface area contributed by atoms with Gasteiger partial charge < -0.3 is 4.74 Å². The zero-order chi connectivity index (χ0) is 24.1. The Morgan fingerprint density at radius 1 is 1.03 bits per heavy atom. The molecule has 0 radical (unpaired) electrons. The molecule has 0 aliphatic heterocycles. The monoisotopic (exact) mass is 494 g/mol. The Labute approximate surface area is 206 Å². The molecule has 3 aromatic carbocycles. The standard InChI is InChI=1S/C25H23ClN4O3S/c1-17-7-11-21(12-8-17)30-18(2)27-28-25(30)34-24(15-29(31)32)19-9-13-22(14-10-19)33-16-20-5-3-4-6-23(20)26/h3-14,24H,15-16H2,1-2H3/t24-/m1/s1. The fourth-order valence-corrected chi connectivity index (χ4v) is 4.80. The van der Waals surface area contributed by atoms with Crippen molar-refractivity contribution >= 4 is 23.4 Å². The van der Waals surface area contributed by atoms with Crippen LogP contribution in [0.15, 0.2) is 78.0 Å². The van der Waals surface area contributed by atoms with Crippen molar-refractivity contribution in [2.24, 2.45) is 0 Å². The van der Waals surface area contributed by atoms with Crippen LogP contribution < -0.4 is 4.74 Å². The molecule has 174 valence electrons. The summed E-state index contributed by atoms with van der Waals surface area (Å²) in [5.41, 5.74) is 3.76. The van der Waals surface area contributed by atoms with Crippen LogP contribution in [0.25, 0.3) is 5.69 Å². The normalized spacial score (nSPS) is 11.9. The van der Waals surface area contributed by atoms with Crippen LogP contribution in [0, 0.1) is 24.0 Å². The van der Waals surface area contributed by atoms with Crippen LogP contribution in [0.4, 0.5) is 0 Å². The first-order valence-corrected chi connectivity index (χ1v) is 11.9. The Morgan fingerprint density at radius 3 is 2.41 bits per heavy atom. The van der Waals surface area contributed by atoms with Gasteiger partial charge in [0.2, 0.25) is 6.54 Å². The lowest BCUT2D eigenvalue weighted by Crippen LogP contribution is -2.11. The van der Waals surface area contributed by atoms with Crippen LogP contribution in [-0.4, -0.2) is 26.2 Å². The van der Waals surface area contributed by atoms with Crippen molar-refractivity contribution < 1.29 is 9.66 Å². The third-order valence-corrected chi connectivity index (χ3v) is 6.80. The molecule has 0 saturated heterocycles. The minimum absolute atomic E-state index is 0.246. The molecule has 0 spiro atoms. The van der Waals surface area contributed by atoms with Gasteiger partial charge in [-0.2, -0.15) is 0 Å². The van der Waals surface area contributed by atoms with Gasteiger partial charge in [0.25, 0.3) is 0 Å². The van der Waals surface area contributed by atoms with Crippen LogP contribution >= 0.6 is 23.4 Å². The van der Waals surface area contributed by atoms with Gasteiger partial charge in [-0.1, -0.05) is 71.4 Å². The number of halogens is 1. The molecule has 1 heterocycles. The summed E-state index contributed by atoms with van der Waals surface area (Å²) in [7, 11) is 0. The highest BCUT2D eigenvalue weighted by Gasteiger charge is 2.24. The highest BCUT2D eigenvalue weighted by Crippen LogP contribution is 2.36. The molecule has 0 N–H and O–H groups in total. The number of nitrogens with zero attached hydrogens (tertiary/aromatic N) is 4. The van der Waals surface area contributed by atoms with E-state index in [9.17, 15) is 10.1 Å². The molecule has 0 aliphatic rings. The Balaban J connectivity index is 1.53. The maximum atomic E-state index is 11.4. The van der Waals surface area contributed by atoms with Crippen LogP contribution in [-0.2, 0) is 6.61 Å². The number of rotatable bonds is 9. The fraction of sp³-hybridized carbons (Fsp3) is 0.200. The number of thioether (sulfide) groups is 1. The molecule has 4 aromatic rings. The predicted octanol–water partition coefficient (Wildman–Crippen LogP) is 6.23. The molecule has 1 atom stereocenters. The molecule has 0 amide bonds. The second-order valence-electron chi connectivity index (χ2n) is 7.77. The van der Waals surface area contributed by atoms with E-state index in [1.807, 2.05) is 91.2 Å². The summed E-state index contributed by atoms with van der Waals surface area (Å²) in [6, 6.07) is 22.8. The molecule has 4 rings (SSSR count). The average Bonchev–Trinajstić information content (AvgIpc) is 3.18. The highest BCUT2D eigenvalue weighted by atomic mass is 35.5. The van der Waals surface area contributed by atoms with Crippen molar-refractivity contribution in [3.63, 3.8) is 0 Å². The fourth-order valence-electron chi connectivity index (χ4n) is 3.44. The predicted molar refractivity (Wildman–Crippen MR) is 134 cm³/mol. The van der Waals surface area contributed by atoms with Crippen molar-refractivity contribution in [1.82, 2.24) is 14.8 Å². The molecule has 0 unspecified atom stereocenters. The largest absolute Gasteiger partial charge is 0.489 e. The first kappa shape index (κ1) is 23.8. The SMILES string of the molecule is Cc1ccc(-n2c(C)nnc2S[C@H](C[N+](=O)[O-])c2ccc(OCc3ccccc3Cl)cc2)cc1. The Morgan fingerprint density at radius 2 is 1.74 bits per heavy atom. The summed E-state index contributed by atoms with van der Waals surface area (Å²) >= 11 is 7.51. The quantitative estimate of drug-likeness (QED) is 0.156. The zero-order valence-corrected chi connectivity index (χ0v) is 20.3. The Bertz CT molecular complexity index is 1280. The lowest BCUT2D eigenvalue weighted by molar-refractivity contribution is -0.479. The van der Waals surface area contributed by atoms with Gasteiger partial charge in [-0.25, -0.2) is 0 Å². The van der Waals surface area contributed by atoms with Crippen LogP contribution in [0.1, 0.15) is 27.8 Å². The van der Waals surface area contributed by atoms with Gasteiger partial charge in [-0.05, 0) is 49.7 Å². The average molecular weight is 495 g/mol. The first-order chi connectivity index (χ1) is 16.4. The summed E-state index contributed by atoms with van der Waals surface area (Å²) in [4.78, 5) is 11.1. The third-order valence-electron chi connectivity index (χ3n) is 5.25. The summed E-state index contributed by atoms with van der Waals surface area (Å²) < 4.78 is 7.76. The van der Waals surface area contributed by atoms with Gasteiger partial charge in [0.1, 0.15) is 23.4 Å². The second kappa shape index (κ2) is 10.7. The van der Waals surface area contributed by atoms with E-state index in [1.54, 1.807) is 0 Å². The topological polar surface area (TPSA) is 83.1 Å². The number of benzene rings is 3. The molecular formula is C25H23ClN4O3S. The molecule has 0 fully saturated rings. The van der Waals surface area contributed by atoms with Crippen LogP contribution in [0.2, 0.25) is 5.02 Å². The number of aryl methyl sites for hydroxylation is 2. The van der Waals surface area contributed by atoms with E-state index >= 15 is 0 Å². The van der Waals surface area contributed by atoms with E-state index < -0.39 is 5.25 Å². The van der Waals surface area contributed by atoms with Gasteiger partial charge in [-0.15, -0.1) is 10.2 Å². The maximum Gasteiger partial charge on any atom is 0.220 e. The maximum absolute atomic E-state index is 11.4. The molecule has 0 saturated carbocycles. The summed E-state index contributed by atoms with van der Waals surface area (Å²) in [5.74, 6) is 1.38. The molecule has 9 heteroatoms. The summed E-state index contributed by atoms with van der Waals surface area (Å²) in [5, 5.41) is 20.7. The lowest BCUT2D eigenvalue weighted by Gasteiger charge is -2.15. The van der Waals surface area contributed by atoms with Crippen molar-refractivity contribution in [3.8, 4) is 11.4 Å². The van der Waals surface area contributed by atoms with Crippen molar-refractivity contribution in [3.05, 3.63) is 110 Å². The summed E-state index contributed by atoms with van der Waals surface area (Å²) in [6.45, 7) is 3.98. The van der Waals surface area contributed by atoms with Gasteiger partial charge in [0.05, 0.1) is 0 Å². The van der Waals surface area contributed by atoms with E-state index in [-0.39, 0.29) is 11.5 Å². The Hall–Kier alpha value is -3.36. The zero-order valence-electron chi connectivity index (χ0n) is 18.7. The number of hydrogen-bond donors (Lipinski definition) is 0. The van der Waals surface area contributed by atoms with Crippen molar-refractivity contribution in [1.29, 1.82) is 0 Å². The molecular weight excluding hydrogens is 472 g/mol. The van der Waals surface area contributed by atoms with E-state index in [0.717, 1.165) is 28.2 Å². The molecule has 0 bridgehead atoms. The van der Waals surface area contributed by atoms with Gasteiger partial charge in [0.15, 0.2) is 5.16 Å². The third kappa shape index (κ3) is 5.76. The van der Waals surface area contributed by atoms with Crippen molar-refractivity contribution in [2.75, 3.05) is 6.54 Å². The van der Waals surface area contributed by atoms with E-state index in [2.05, 4.69) is 10.2 Å². The summed E-state index contributed by atoms with van der Waals surface area (Å²) in [6.07, 6.45) is 0. The second-order valence-corrected chi connectivity index (χ2v) is 9.35.